The van der Waals surface area contributed by atoms with E-state index in [4.69, 9.17) is 10.5 Å². The van der Waals surface area contributed by atoms with E-state index in [2.05, 4.69) is 10.3 Å². The number of benzene rings is 1. The van der Waals surface area contributed by atoms with Gasteiger partial charge in [0.1, 0.15) is 5.75 Å². The molecule has 5 nitrogen and oxygen atoms in total. The fourth-order valence-corrected chi connectivity index (χ4v) is 2.45. The van der Waals surface area contributed by atoms with Gasteiger partial charge >= 0.3 is 0 Å². The number of aromatic nitrogens is 1. The van der Waals surface area contributed by atoms with Gasteiger partial charge in [-0.05, 0) is 38.0 Å². The molecule has 0 aliphatic rings. The maximum Gasteiger partial charge on any atom is 0.253 e. The number of nitrogens with one attached hydrogen (secondary N) is 1. The quantitative estimate of drug-likeness (QED) is 0.859. The Balaban J connectivity index is 2.25. The van der Waals surface area contributed by atoms with Crippen molar-refractivity contribution in [3.63, 3.8) is 0 Å². The Morgan fingerprint density at radius 1 is 1.30 bits per heavy atom. The molecular weight excluding hydrogens is 290 g/mol. The SMILES string of the molecule is CCC(N)(CC)CNC(=O)c1cc2ccc(OC)cc2nc1C. The summed E-state index contributed by atoms with van der Waals surface area (Å²) in [6.45, 7) is 6.36. The van der Waals surface area contributed by atoms with E-state index in [9.17, 15) is 4.79 Å². The highest BCUT2D eigenvalue weighted by Gasteiger charge is 2.22. The zero-order chi connectivity index (χ0) is 17.0. The largest absolute Gasteiger partial charge is 0.497 e. The van der Waals surface area contributed by atoms with E-state index in [1.807, 2.05) is 45.0 Å². The average molecular weight is 315 g/mol. The van der Waals surface area contributed by atoms with Crippen molar-refractivity contribution in [3.05, 3.63) is 35.5 Å². The zero-order valence-corrected chi connectivity index (χ0v) is 14.3. The fraction of sp³-hybridized carbons (Fsp3) is 0.444. The van der Waals surface area contributed by atoms with Crippen molar-refractivity contribution in [3.8, 4) is 5.75 Å². The van der Waals surface area contributed by atoms with Crippen molar-refractivity contribution in [1.82, 2.24) is 10.3 Å². The number of rotatable bonds is 6. The van der Waals surface area contributed by atoms with Gasteiger partial charge < -0.3 is 15.8 Å². The number of amides is 1. The molecule has 0 unspecified atom stereocenters. The molecule has 2 aromatic rings. The normalized spacial score (nSPS) is 11.5. The van der Waals surface area contributed by atoms with E-state index in [0.29, 0.717) is 17.8 Å². The van der Waals surface area contributed by atoms with E-state index in [1.54, 1.807) is 7.11 Å². The predicted octanol–water partition coefficient (Wildman–Crippen LogP) is 2.80. The lowest BCUT2D eigenvalue weighted by atomic mass is 9.94. The lowest BCUT2D eigenvalue weighted by Gasteiger charge is -2.26. The van der Waals surface area contributed by atoms with Crippen LogP contribution in [0.25, 0.3) is 10.9 Å². The smallest absolute Gasteiger partial charge is 0.253 e. The molecule has 0 aliphatic heterocycles. The van der Waals surface area contributed by atoms with Crippen LogP contribution in [0.15, 0.2) is 24.3 Å². The summed E-state index contributed by atoms with van der Waals surface area (Å²) in [7, 11) is 1.62. The Morgan fingerprint density at radius 2 is 2.00 bits per heavy atom. The number of pyridine rings is 1. The van der Waals surface area contributed by atoms with Crippen molar-refractivity contribution >= 4 is 16.8 Å². The maximum absolute atomic E-state index is 12.5. The molecule has 0 saturated carbocycles. The Hall–Kier alpha value is -2.14. The maximum atomic E-state index is 12.5. The number of ether oxygens (including phenoxy) is 1. The lowest BCUT2D eigenvalue weighted by Crippen LogP contribution is -2.49. The van der Waals surface area contributed by atoms with Crippen molar-refractivity contribution < 1.29 is 9.53 Å². The van der Waals surface area contributed by atoms with Crippen molar-refractivity contribution in [2.45, 2.75) is 39.2 Å². The number of hydrogen-bond acceptors (Lipinski definition) is 4. The molecule has 1 aromatic heterocycles. The molecule has 5 heteroatoms. The molecule has 2 rings (SSSR count). The third-order valence-corrected chi connectivity index (χ3v) is 4.47. The fourth-order valence-electron chi connectivity index (χ4n) is 2.45. The van der Waals surface area contributed by atoms with Crippen LogP contribution in [0.3, 0.4) is 0 Å². The average Bonchev–Trinajstić information content (AvgIpc) is 2.58. The highest BCUT2D eigenvalue weighted by molar-refractivity contribution is 5.98. The van der Waals surface area contributed by atoms with E-state index in [0.717, 1.165) is 29.5 Å². The van der Waals surface area contributed by atoms with Gasteiger partial charge in [0.05, 0.1) is 23.9 Å². The van der Waals surface area contributed by atoms with Gasteiger partial charge in [0.15, 0.2) is 0 Å². The van der Waals surface area contributed by atoms with Crippen LogP contribution in [0.2, 0.25) is 0 Å². The molecule has 0 radical (unpaired) electrons. The zero-order valence-electron chi connectivity index (χ0n) is 14.3. The first-order valence-corrected chi connectivity index (χ1v) is 7.95. The molecule has 0 fully saturated rings. The minimum absolute atomic E-state index is 0.135. The molecule has 0 aliphatic carbocycles. The van der Waals surface area contributed by atoms with Crippen molar-refractivity contribution in [2.75, 3.05) is 13.7 Å². The number of nitrogens with two attached hydrogens (primary N) is 1. The molecule has 0 spiro atoms. The monoisotopic (exact) mass is 315 g/mol. The number of carbonyl (C=O) groups is 1. The van der Waals surface area contributed by atoms with Crippen molar-refractivity contribution in [1.29, 1.82) is 0 Å². The van der Waals surface area contributed by atoms with Crippen LogP contribution in [0.4, 0.5) is 0 Å². The highest BCUT2D eigenvalue weighted by Crippen LogP contribution is 2.22. The number of fused-ring (bicyclic) bond motifs is 1. The molecule has 1 amide bonds. The molecule has 124 valence electrons. The van der Waals surface area contributed by atoms with Gasteiger partial charge in [-0.1, -0.05) is 13.8 Å². The van der Waals surface area contributed by atoms with Gasteiger partial charge in [0, 0.05) is 23.5 Å². The summed E-state index contributed by atoms with van der Waals surface area (Å²) in [5.41, 5.74) is 7.97. The topological polar surface area (TPSA) is 77.2 Å². The molecular formula is C18H25N3O2. The van der Waals surface area contributed by atoms with Crippen LogP contribution in [-0.4, -0.2) is 30.1 Å². The number of carbonyl (C=O) groups excluding carboxylic acids is 1. The van der Waals surface area contributed by atoms with E-state index < -0.39 is 0 Å². The summed E-state index contributed by atoms with van der Waals surface area (Å²) in [4.78, 5) is 17.0. The van der Waals surface area contributed by atoms with Gasteiger partial charge in [-0.3, -0.25) is 9.78 Å². The second-order valence-electron chi connectivity index (χ2n) is 5.93. The first-order valence-electron chi connectivity index (χ1n) is 7.95. The summed E-state index contributed by atoms with van der Waals surface area (Å²) in [6.07, 6.45) is 1.64. The molecule has 0 atom stereocenters. The van der Waals surface area contributed by atoms with E-state index in [-0.39, 0.29) is 11.4 Å². The van der Waals surface area contributed by atoms with E-state index in [1.165, 1.54) is 0 Å². The van der Waals surface area contributed by atoms with Crippen LogP contribution in [0.1, 0.15) is 42.7 Å². The Bertz CT molecular complexity index is 709. The summed E-state index contributed by atoms with van der Waals surface area (Å²) in [5.74, 6) is 0.616. The number of nitrogens with zero attached hydrogens (tertiary/aromatic N) is 1. The Morgan fingerprint density at radius 3 is 2.61 bits per heavy atom. The van der Waals surface area contributed by atoms with E-state index >= 15 is 0 Å². The number of methoxy groups -OCH3 is 1. The summed E-state index contributed by atoms with van der Waals surface area (Å²) < 4.78 is 5.21. The third-order valence-electron chi connectivity index (χ3n) is 4.47. The first-order chi connectivity index (χ1) is 10.9. The summed E-state index contributed by atoms with van der Waals surface area (Å²) >= 11 is 0. The van der Waals surface area contributed by atoms with Gasteiger partial charge in [-0.25, -0.2) is 0 Å². The first kappa shape index (κ1) is 17.2. The minimum atomic E-state index is -0.360. The van der Waals surface area contributed by atoms with Crippen LogP contribution < -0.4 is 15.8 Å². The Kier molecular flexibility index (Phi) is 5.21. The van der Waals surface area contributed by atoms with Gasteiger partial charge in [-0.2, -0.15) is 0 Å². The molecule has 23 heavy (non-hydrogen) atoms. The van der Waals surface area contributed by atoms with Crippen LogP contribution >= 0.6 is 0 Å². The van der Waals surface area contributed by atoms with Crippen LogP contribution in [0.5, 0.6) is 5.75 Å². The summed E-state index contributed by atoms with van der Waals surface area (Å²) in [6, 6.07) is 7.49. The lowest BCUT2D eigenvalue weighted by molar-refractivity contribution is 0.0941. The third kappa shape index (κ3) is 3.79. The van der Waals surface area contributed by atoms with Crippen molar-refractivity contribution in [2.24, 2.45) is 5.73 Å². The summed E-state index contributed by atoms with van der Waals surface area (Å²) in [5, 5.41) is 3.85. The molecule has 1 aromatic carbocycles. The second kappa shape index (κ2) is 6.96. The van der Waals surface area contributed by atoms with Gasteiger partial charge in [0.2, 0.25) is 0 Å². The number of aryl methyl sites for hydroxylation is 1. The minimum Gasteiger partial charge on any atom is -0.497 e. The molecule has 0 saturated heterocycles. The van der Waals surface area contributed by atoms with Crippen LogP contribution in [-0.2, 0) is 0 Å². The van der Waals surface area contributed by atoms with Gasteiger partial charge in [0.25, 0.3) is 5.91 Å². The highest BCUT2D eigenvalue weighted by atomic mass is 16.5. The second-order valence-corrected chi connectivity index (χ2v) is 5.93. The molecule has 0 bridgehead atoms. The standard InChI is InChI=1S/C18H25N3O2/c1-5-18(19,6-2)11-20-17(22)15-9-13-7-8-14(23-4)10-16(13)21-12(15)3/h7-10H,5-6,11,19H2,1-4H3,(H,20,22). The predicted molar refractivity (Wildman–Crippen MR) is 92.9 cm³/mol. The number of hydrogen-bond donors (Lipinski definition) is 2. The molecule has 1 heterocycles. The Labute approximate surface area is 137 Å². The van der Waals surface area contributed by atoms with Crippen LogP contribution in [0, 0.1) is 6.92 Å². The van der Waals surface area contributed by atoms with Gasteiger partial charge in [-0.15, -0.1) is 0 Å². The molecule has 3 N–H and O–H groups in total.